The van der Waals surface area contributed by atoms with Crippen molar-refractivity contribution < 1.29 is 9.84 Å². The second-order valence-electron chi connectivity index (χ2n) is 3.04. The molecular weight excluding hydrogens is 128 g/mol. The molecule has 0 aliphatic carbocycles. The summed E-state index contributed by atoms with van der Waals surface area (Å²) in [5, 5.41) is 9.15. The summed E-state index contributed by atoms with van der Waals surface area (Å²) in [5.74, 6) is 0.549. The first-order valence-corrected chi connectivity index (χ1v) is 3.58. The van der Waals surface area contributed by atoms with E-state index in [9.17, 15) is 0 Å². The fourth-order valence-electron chi connectivity index (χ4n) is 1.30. The van der Waals surface area contributed by atoms with Gasteiger partial charge in [0.05, 0.1) is 6.61 Å². The van der Waals surface area contributed by atoms with E-state index >= 15 is 0 Å². The monoisotopic (exact) mass is 142 g/mol. The SMILES string of the molecule is C=C(C)[C@@H]1COC(O)[C@@H]1C. The minimum atomic E-state index is -0.582. The highest BCUT2D eigenvalue weighted by Crippen LogP contribution is 2.29. The van der Waals surface area contributed by atoms with E-state index in [1.807, 2.05) is 13.8 Å². The second-order valence-corrected chi connectivity index (χ2v) is 3.04. The molecule has 1 aliphatic rings. The molecule has 0 bridgehead atoms. The van der Waals surface area contributed by atoms with Gasteiger partial charge < -0.3 is 9.84 Å². The van der Waals surface area contributed by atoms with E-state index in [0.29, 0.717) is 12.5 Å². The minimum Gasteiger partial charge on any atom is -0.368 e. The summed E-state index contributed by atoms with van der Waals surface area (Å²) >= 11 is 0. The number of aliphatic hydroxyl groups excluding tert-OH is 1. The standard InChI is InChI=1S/C8H14O2/c1-5(2)7-4-10-8(9)6(7)3/h6-9H,1,4H2,2-3H3/t6-,7+,8?/m1/s1. The van der Waals surface area contributed by atoms with Crippen LogP contribution in [0.25, 0.3) is 0 Å². The van der Waals surface area contributed by atoms with Crippen LogP contribution in [0.5, 0.6) is 0 Å². The molecule has 1 fully saturated rings. The van der Waals surface area contributed by atoms with Crippen LogP contribution in [0.4, 0.5) is 0 Å². The quantitative estimate of drug-likeness (QED) is 0.557. The molecule has 0 aromatic rings. The maximum Gasteiger partial charge on any atom is 0.157 e. The Kier molecular flexibility index (Phi) is 2.11. The topological polar surface area (TPSA) is 29.5 Å². The molecule has 0 aromatic heterocycles. The Balaban J connectivity index is 2.57. The van der Waals surface area contributed by atoms with E-state index in [4.69, 9.17) is 9.84 Å². The number of hydrogen-bond acceptors (Lipinski definition) is 2. The molecule has 1 aliphatic heterocycles. The normalized spacial score (nSPS) is 40.1. The van der Waals surface area contributed by atoms with Crippen LogP contribution < -0.4 is 0 Å². The molecule has 1 heterocycles. The first-order chi connectivity index (χ1) is 4.63. The van der Waals surface area contributed by atoms with Crippen molar-refractivity contribution in [1.29, 1.82) is 0 Å². The average Bonchev–Trinajstić information content (AvgIpc) is 2.14. The smallest absolute Gasteiger partial charge is 0.157 e. The molecule has 0 radical (unpaired) electrons. The van der Waals surface area contributed by atoms with Gasteiger partial charge in [-0.25, -0.2) is 0 Å². The molecule has 1 N–H and O–H groups in total. The Morgan fingerprint density at radius 3 is 2.50 bits per heavy atom. The number of ether oxygens (including phenoxy) is 1. The van der Waals surface area contributed by atoms with Gasteiger partial charge in [-0.15, -0.1) is 0 Å². The Morgan fingerprint density at radius 1 is 1.70 bits per heavy atom. The van der Waals surface area contributed by atoms with Crippen molar-refractivity contribution in [1.82, 2.24) is 0 Å². The van der Waals surface area contributed by atoms with E-state index in [1.54, 1.807) is 0 Å². The highest BCUT2D eigenvalue weighted by Gasteiger charge is 2.32. The van der Waals surface area contributed by atoms with Gasteiger partial charge in [0.15, 0.2) is 6.29 Å². The van der Waals surface area contributed by atoms with Gasteiger partial charge in [-0.2, -0.15) is 0 Å². The summed E-state index contributed by atoms with van der Waals surface area (Å²) in [5.41, 5.74) is 1.10. The van der Waals surface area contributed by atoms with Crippen LogP contribution in [0.2, 0.25) is 0 Å². The van der Waals surface area contributed by atoms with Gasteiger partial charge in [-0.1, -0.05) is 19.1 Å². The summed E-state index contributed by atoms with van der Waals surface area (Å²) in [4.78, 5) is 0. The minimum absolute atomic E-state index is 0.206. The molecule has 3 atom stereocenters. The summed E-state index contributed by atoms with van der Waals surface area (Å²) in [6, 6.07) is 0. The fraction of sp³-hybridized carbons (Fsp3) is 0.750. The van der Waals surface area contributed by atoms with E-state index in [1.165, 1.54) is 0 Å². The van der Waals surface area contributed by atoms with Gasteiger partial charge in [0.2, 0.25) is 0 Å². The van der Waals surface area contributed by atoms with E-state index in [-0.39, 0.29) is 5.92 Å². The highest BCUT2D eigenvalue weighted by atomic mass is 16.6. The predicted octanol–water partition coefficient (Wildman–Crippen LogP) is 1.16. The summed E-state index contributed by atoms with van der Waals surface area (Å²) < 4.78 is 5.03. The van der Waals surface area contributed by atoms with Crippen LogP contribution >= 0.6 is 0 Å². The van der Waals surface area contributed by atoms with Crippen molar-refractivity contribution in [2.75, 3.05) is 6.61 Å². The third-order valence-corrected chi connectivity index (χ3v) is 2.16. The number of rotatable bonds is 1. The van der Waals surface area contributed by atoms with Crippen molar-refractivity contribution in [3.05, 3.63) is 12.2 Å². The van der Waals surface area contributed by atoms with E-state index < -0.39 is 6.29 Å². The van der Waals surface area contributed by atoms with E-state index in [2.05, 4.69) is 6.58 Å². The second kappa shape index (κ2) is 2.72. The molecule has 0 amide bonds. The zero-order valence-corrected chi connectivity index (χ0v) is 6.50. The molecule has 1 rings (SSSR count). The van der Waals surface area contributed by atoms with Crippen LogP contribution in [0.3, 0.4) is 0 Å². The summed E-state index contributed by atoms with van der Waals surface area (Å²) in [7, 11) is 0. The molecule has 58 valence electrons. The fourth-order valence-corrected chi connectivity index (χ4v) is 1.30. The zero-order valence-electron chi connectivity index (χ0n) is 6.50. The van der Waals surface area contributed by atoms with Crippen molar-refractivity contribution in [3.8, 4) is 0 Å². The van der Waals surface area contributed by atoms with Gasteiger partial charge in [-0.05, 0) is 6.92 Å². The van der Waals surface area contributed by atoms with Crippen LogP contribution in [-0.2, 0) is 4.74 Å². The van der Waals surface area contributed by atoms with Gasteiger partial charge in [0.25, 0.3) is 0 Å². The Morgan fingerprint density at radius 2 is 2.30 bits per heavy atom. The van der Waals surface area contributed by atoms with Gasteiger partial charge in [-0.3, -0.25) is 0 Å². The van der Waals surface area contributed by atoms with E-state index in [0.717, 1.165) is 5.57 Å². The lowest BCUT2D eigenvalue weighted by molar-refractivity contribution is -0.0786. The molecule has 0 aromatic carbocycles. The molecule has 0 spiro atoms. The first-order valence-electron chi connectivity index (χ1n) is 3.58. The first kappa shape index (κ1) is 7.76. The van der Waals surface area contributed by atoms with Crippen molar-refractivity contribution in [3.63, 3.8) is 0 Å². The third kappa shape index (κ3) is 1.22. The lowest BCUT2D eigenvalue weighted by atomic mass is 9.91. The van der Waals surface area contributed by atoms with Crippen LogP contribution in [0.15, 0.2) is 12.2 Å². The van der Waals surface area contributed by atoms with Crippen LogP contribution in [0.1, 0.15) is 13.8 Å². The predicted molar refractivity (Wildman–Crippen MR) is 39.4 cm³/mol. The van der Waals surface area contributed by atoms with Crippen LogP contribution in [0, 0.1) is 11.8 Å². The molecule has 0 saturated carbocycles. The van der Waals surface area contributed by atoms with Crippen LogP contribution in [-0.4, -0.2) is 18.0 Å². The summed E-state index contributed by atoms with van der Waals surface area (Å²) in [6.45, 7) is 8.41. The van der Waals surface area contributed by atoms with Gasteiger partial charge in [0.1, 0.15) is 0 Å². The maximum atomic E-state index is 9.15. The Hall–Kier alpha value is -0.340. The zero-order chi connectivity index (χ0) is 7.72. The number of hydrogen-bond donors (Lipinski definition) is 1. The highest BCUT2D eigenvalue weighted by molar-refractivity contribution is 5.00. The molecule has 10 heavy (non-hydrogen) atoms. The third-order valence-electron chi connectivity index (χ3n) is 2.16. The van der Waals surface area contributed by atoms with Gasteiger partial charge >= 0.3 is 0 Å². The molecule has 2 nitrogen and oxygen atoms in total. The van der Waals surface area contributed by atoms with Crippen molar-refractivity contribution >= 4 is 0 Å². The summed E-state index contributed by atoms with van der Waals surface area (Å²) in [6.07, 6.45) is -0.582. The Labute approximate surface area is 61.5 Å². The lowest BCUT2D eigenvalue weighted by Gasteiger charge is -2.13. The number of aliphatic hydroxyl groups is 1. The largest absolute Gasteiger partial charge is 0.368 e. The maximum absolute atomic E-state index is 9.15. The Bertz CT molecular complexity index is 142. The molecule has 2 heteroatoms. The lowest BCUT2D eigenvalue weighted by Crippen LogP contribution is -2.16. The molecular formula is C8H14O2. The van der Waals surface area contributed by atoms with Crippen molar-refractivity contribution in [2.24, 2.45) is 11.8 Å². The molecule has 1 unspecified atom stereocenters. The molecule has 1 saturated heterocycles. The van der Waals surface area contributed by atoms with Crippen molar-refractivity contribution in [2.45, 2.75) is 20.1 Å². The average molecular weight is 142 g/mol. The van der Waals surface area contributed by atoms with Gasteiger partial charge in [0, 0.05) is 11.8 Å².